The van der Waals surface area contributed by atoms with Crippen molar-refractivity contribution in [1.82, 2.24) is 0 Å². The van der Waals surface area contributed by atoms with Crippen molar-refractivity contribution < 1.29 is 23.6 Å². The molecule has 1 unspecified atom stereocenters. The van der Waals surface area contributed by atoms with E-state index >= 15 is 0 Å². The number of nitrogens with two attached hydrogens (primary N) is 1. The lowest BCUT2D eigenvalue weighted by Gasteiger charge is -2.11. The molecule has 25 heavy (non-hydrogen) atoms. The Labute approximate surface area is 141 Å². The lowest BCUT2D eigenvalue weighted by atomic mass is 9.95. The lowest BCUT2D eigenvalue weighted by Crippen LogP contribution is -2.29. The van der Waals surface area contributed by atoms with Crippen molar-refractivity contribution >= 4 is 17.2 Å². The first-order chi connectivity index (χ1) is 11.8. The molecule has 2 aromatic rings. The number of halogens is 2. The third-order valence-corrected chi connectivity index (χ3v) is 3.48. The zero-order chi connectivity index (χ0) is 18.6. The minimum atomic E-state index is -1.24. The van der Waals surface area contributed by atoms with E-state index in [1.54, 1.807) is 0 Å². The highest BCUT2D eigenvalue weighted by molar-refractivity contribution is 5.82. The molecular formula is C17H14F2N2O4. The first-order valence-electron chi connectivity index (χ1n) is 7.18. The molecule has 0 aliphatic carbocycles. The van der Waals surface area contributed by atoms with Crippen LogP contribution in [0.1, 0.15) is 17.5 Å². The number of benzene rings is 2. The molecule has 0 radical (unpaired) electrons. The van der Waals surface area contributed by atoms with Crippen LogP contribution in [-0.4, -0.2) is 22.0 Å². The molecule has 6 nitrogen and oxygen atoms in total. The molecule has 0 aromatic heterocycles. The van der Waals surface area contributed by atoms with E-state index in [2.05, 4.69) is 0 Å². The molecule has 0 fully saturated rings. The minimum absolute atomic E-state index is 0.0144. The predicted molar refractivity (Wildman–Crippen MR) is 86.8 cm³/mol. The van der Waals surface area contributed by atoms with Crippen LogP contribution in [0.25, 0.3) is 5.57 Å². The Morgan fingerprint density at radius 1 is 1.28 bits per heavy atom. The van der Waals surface area contributed by atoms with Crippen molar-refractivity contribution in [2.75, 3.05) is 0 Å². The smallest absolute Gasteiger partial charge is 0.320 e. The van der Waals surface area contributed by atoms with Gasteiger partial charge in [-0.25, -0.2) is 8.78 Å². The van der Waals surface area contributed by atoms with Gasteiger partial charge in [0.25, 0.3) is 5.69 Å². The number of rotatable bonds is 6. The number of nitro benzene ring substituents is 1. The Morgan fingerprint density at radius 3 is 2.60 bits per heavy atom. The fourth-order valence-corrected chi connectivity index (χ4v) is 2.22. The molecule has 0 saturated heterocycles. The number of hydrogen-bond acceptors (Lipinski definition) is 4. The Kier molecular flexibility index (Phi) is 5.56. The number of aliphatic carboxylic acids is 1. The second kappa shape index (κ2) is 7.63. The molecule has 0 spiro atoms. The van der Waals surface area contributed by atoms with E-state index in [1.807, 2.05) is 0 Å². The summed E-state index contributed by atoms with van der Waals surface area (Å²) in [5, 5.41) is 19.8. The van der Waals surface area contributed by atoms with Crippen molar-refractivity contribution in [3.63, 3.8) is 0 Å². The van der Waals surface area contributed by atoms with Crippen LogP contribution in [0.5, 0.6) is 0 Å². The second-order valence-electron chi connectivity index (χ2n) is 5.23. The van der Waals surface area contributed by atoms with Crippen molar-refractivity contribution in [1.29, 1.82) is 0 Å². The molecule has 3 N–H and O–H groups in total. The van der Waals surface area contributed by atoms with Gasteiger partial charge in [0.15, 0.2) is 0 Å². The molecule has 0 aliphatic rings. The quantitative estimate of drug-likeness (QED) is 0.616. The zero-order valence-electron chi connectivity index (χ0n) is 12.9. The van der Waals surface area contributed by atoms with Gasteiger partial charge in [-0.15, -0.1) is 0 Å². The Hall–Kier alpha value is -3.13. The highest BCUT2D eigenvalue weighted by Crippen LogP contribution is 2.29. The van der Waals surface area contributed by atoms with Crippen LogP contribution in [0.2, 0.25) is 0 Å². The summed E-state index contributed by atoms with van der Waals surface area (Å²) in [6, 6.07) is 7.09. The van der Waals surface area contributed by atoms with Crippen LogP contribution in [-0.2, 0) is 4.79 Å². The highest BCUT2D eigenvalue weighted by Gasteiger charge is 2.16. The van der Waals surface area contributed by atoms with Gasteiger partial charge in [0.05, 0.1) is 4.92 Å². The van der Waals surface area contributed by atoms with Gasteiger partial charge in [-0.2, -0.15) is 0 Å². The van der Waals surface area contributed by atoms with Gasteiger partial charge in [0.1, 0.15) is 17.7 Å². The largest absolute Gasteiger partial charge is 0.480 e. The van der Waals surface area contributed by atoms with Crippen LogP contribution in [0, 0.1) is 21.7 Å². The van der Waals surface area contributed by atoms with Crippen LogP contribution in [0.3, 0.4) is 0 Å². The van der Waals surface area contributed by atoms with Crippen LogP contribution >= 0.6 is 0 Å². The predicted octanol–water partition coefficient (Wildman–Crippen LogP) is 3.11. The monoisotopic (exact) mass is 348 g/mol. The number of non-ortho nitro benzene ring substituents is 1. The molecule has 2 rings (SSSR count). The molecule has 0 bridgehead atoms. The Balaban J connectivity index is 2.56. The summed E-state index contributed by atoms with van der Waals surface area (Å²) in [6.45, 7) is 0. The summed E-state index contributed by atoms with van der Waals surface area (Å²) < 4.78 is 27.3. The van der Waals surface area contributed by atoms with Crippen molar-refractivity contribution in [3.05, 3.63) is 81.4 Å². The van der Waals surface area contributed by atoms with E-state index in [-0.39, 0.29) is 28.8 Å². The van der Waals surface area contributed by atoms with Crippen molar-refractivity contribution in [2.24, 2.45) is 5.73 Å². The lowest BCUT2D eigenvalue weighted by molar-refractivity contribution is -0.384. The molecule has 1 atom stereocenters. The first-order valence-corrected chi connectivity index (χ1v) is 7.18. The number of nitrogens with zero attached hydrogens (tertiary/aromatic N) is 1. The number of carboxylic acid groups (broad SMARTS) is 1. The van der Waals surface area contributed by atoms with E-state index in [0.717, 1.165) is 6.07 Å². The van der Waals surface area contributed by atoms with Gasteiger partial charge in [0, 0.05) is 23.8 Å². The fourth-order valence-electron chi connectivity index (χ4n) is 2.22. The van der Waals surface area contributed by atoms with Gasteiger partial charge in [0.2, 0.25) is 0 Å². The topological polar surface area (TPSA) is 106 Å². The molecule has 130 valence electrons. The van der Waals surface area contributed by atoms with Gasteiger partial charge >= 0.3 is 5.97 Å². The standard InChI is InChI=1S/C17H14F2N2O4/c18-11-4-5-14(15(19)9-11)13(6-7-16(20)17(22)23)10-2-1-3-12(8-10)21(24)25/h1-6,8-9,16H,7,20H2,(H,22,23)/b13-6+. The van der Waals surface area contributed by atoms with Crippen molar-refractivity contribution in [3.8, 4) is 0 Å². The maximum absolute atomic E-state index is 14.2. The maximum atomic E-state index is 14.2. The third-order valence-electron chi connectivity index (χ3n) is 3.48. The van der Waals surface area contributed by atoms with E-state index < -0.39 is 28.6 Å². The van der Waals surface area contributed by atoms with Gasteiger partial charge in [-0.3, -0.25) is 14.9 Å². The van der Waals surface area contributed by atoms with E-state index in [4.69, 9.17) is 10.8 Å². The van der Waals surface area contributed by atoms with Crippen LogP contribution in [0.4, 0.5) is 14.5 Å². The van der Waals surface area contributed by atoms with Gasteiger partial charge in [-0.05, 0) is 29.7 Å². The summed E-state index contributed by atoms with van der Waals surface area (Å²) in [5.41, 5.74) is 5.71. The maximum Gasteiger partial charge on any atom is 0.320 e. The average Bonchev–Trinajstić information content (AvgIpc) is 2.56. The number of carboxylic acids is 1. The molecule has 0 heterocycles. The van der Waals surface area contributed by atoms with E-state index in [1.165, 1.54) is 36.4 Å². The molecule has 0 saturated carbocycles. The number of carbonyl (C=O) groups is 1. The molecule has 0 amide bonds. The summed E-state index contributed by atoms with van der Waals surface area (Å²) in [7, 11) is 0. The van der Waals surface area contributed by atoms with Crippen LogP contribution in [0.15, 0.2) is 48.5 Å². The van der Waals surface area contributed by atoms with E-state index in [0.29, 0.717) is 6.07 Å². The van der Waals surface area contributed by atoms with Gasteiger partial charge < -0.3 is 10.8 Å². The fraction of sp³-hybridized carbons (Fsp3) is 0.118. The molecular weight excluding hydrogens is 334 g/mol. The summed E-state index contributed by atoms with van der Waals surface area (Å²) in [4.78, 5) is 21.2. The zero-order valence-corrected chi connectivity index (χ0v) is 12.9. The third kappa shape index (κ3) is 4.45. The molecule has 0 aliphatic heterocycles. The summed E-state index contributed by atoms with van der Waals surface area (Å²) >= 11 is 0. The Morgan fingerprint density at radius 2 is 2.00 bits per heavy atom. The average molecular weight is 348 g/mol. The molecule has 8 heteroatoms. The normalized spacial score (nSPS) is 12.7. The van der Waals surface area contributed by atoms with E-state index in [9.17, 15) is 23.7 Å². The summed E-state index contributed by atoms with van der Waals surface area (Å²) in [6.07, 6.45) is 1.23. The Bertz CT molecular complexity index is 852. The highest BCUT2D eigenvalue weighted by atomic mass is 19.1. The number of nitro groups is 1. The number of hydrogen-bond donors (Lipinski definition) is 2. The SMILES string of the molecule is NC(C/C=C(\c1cccc([N+](=O)[O-])c1)c1ccc(F)cc1F)C(=O)O. The molecule has 2 aromatic carbocycles. The van der Waals surface area contributed by atoms with Crippen LogP contribution < -0.4 is 5.73 Å². The van der Waals surface area contributed by atoms with Crippen molar-refractivity contribution in [2.45, 2.75) is 12.5 Å². The van der Waals surface area contributed by atoms with Gasteiger partial charge in [-0.1, -0.05) is 18.2 Å². The summed E-state index contributed by atoms with van der Waals surface area (Å²) in [5.74, 6) is -2.89. The minimum Gasteiger partial charge on any atom is -0.480 e. The first kappa shape index (κ1) is 18.2. The second-order valence-corrected chi connectivity index (χ2v) is 5.23.